The number of carbonyl (C=O) groups is 1. The number of nitrogens with zero attached hydrogens (tertiary/aromatic N) is 1. The molecule has 4 nitrogen and oxygen atoms in total. The first kappa shape index (κ1) is 19.8. The van der Waals surface area contributed by atoms with Crippen LogP contribution in [0.2, 0.25) is 0 Å². The fourth-order valence-electron chi connectivity index (χ4n) is 3.25. The van der Waals surface area contributed by atoms with E-state index in [0.717, 1.165) is 22.1 Å². The largest absolute Gasteiger partial charge is 0.444 e. The number of nitrogens with one attached hydrogen (secondary N) is 1. The highest BCUT2D eigenvalue weighted by molar-refractivity contribution is 5.90. The third-order valence-electron chi connectivity index (χ3n) is 4.44. The van der Waals surface area contributed by atoms with Crippen molar-refractivity contribution in [2.75, 3.05) is 0 Å². The van der Waals surface area contributed by atoms with E-state index in [1.54, 1.807) is 6.07 Å². The Hall–Kier alpha value is -2.95. The topological polar surface area (TPSA) is 51.2 Å². The summed E-state index contributed by atoms with van der Waals surface area (Å²) < 4.78 is 19.2. The molecule has 0 aliphatic rings. The zero-order chi connectivity index (χ0) is 20.5. The number of aryl methyl sites for hydroxylation is 1. The van der Waals surface area contributed by atoms with Crippen molar-refractivity contribution in [1.82, 2.24) is 10.3 Å². The predicted molar refractivity (Wildman–Crippen MR) is 110 cm³/mol. The first-order valence-electron chi connectivity index (χ1n) is 9.30. The zero-order valence-corrected chi connectivity index (χ0v) is 16.8. The van der Waals surface area contributed by atoms with Crippen molar-refractivity contribution in [3.63, 3.8) is 0 Å². The van der Waals surface area contributed by atoms with Crippen LogP contribution in [-0.4, -0.2) is 16.7 Å². The van der Waals surface area contributed by atoms with Gasteiger partial charge in [0.1, 0.15) is 11.4 Å². The highest BCUT2D eigenvalue weighted by Gasteiger charge is 2.23. The van der Waals surface area contributed by atoms with Gasteiger partial charge in [0.05, 0.1) is 17.3 Å². The van der Waals surface area contributed by atoms with Gasteiger partial charge in [-0.2, -0.15) is 0 Å². The van der Waals surface area contributed by atoms with Gasteiger partial charge in [-0.15, -0.1) is 0 Å². The van der Waals surface area contributed by atoms with Crippen molar-refractivity contribution < 1.29 is 13.9 Å². The van der Waals surface area contributed by atoms with Crippen LogP contribution in [0.25, 0.3) is 22.0 Å². The normalized spacial score (nSPS) is 12.6. The van der Waals surface area contributed by atoms with Gasteiger partial charge in [0.15, 0.2) is 0 Å². The maximum atomic E-state index is 13.8. The number of amides is 1. The molecule has 2 aromatic carbocycles. The Kier molecular flexibility index (Phi) is 5.36. The quantitative estimate of drug-likeness (QED) is 0.612. The minimum atomic E-state index is -0.587. The maximum Gasteiger partial charge on any atom is 0.408 e. The number of alkyl carbamates (subject to hydrolysis) is 1. The number of benzene rings is 2. The molecule has 1 atom stereocenters. The molecule has 146 valence electrons. The van der Waals surface area contributed by atoms with Gasteiger partial charge in [0.2, 0.25) is 0 Å². The van der Waals surface area contributed by atoms with Crippen LogP contribution in [-0.2, 0) is 4.74 Å². The fourth-order valence-corrected chi connectivity index (χ4v) is 3.25. The monoisotopic (exact) mass is 380 g/mol. The number of halogens is 1. The average molecular weight is 380 g/mol. The SMILES string of the molecule is Cc1c(-c2ccccc2)c(C(C)NC(=O)OC(C)(C)C)nc2ccc(F)cc12. The number of hydrogen-bond acceptors (Lipinski definition) is 3. The van der Waals surface area contributed by atoms with Crippen LogP contribution in [0.1, 0.15) is 45.0 Å². The van der Waals surface area contributed by atoms with E-state index >= 15 is 0 Å². The molecule has 1 aromatic heterocycles. The average Bonchev–Trinajstić information content (AvgIpc) is 2.61. The molecule has 1 heterocycles. The van der Waals surface area contributed by atoms with Gasteiger partial charge in [-0.25, -0.2) is 14.2 Å². The first-order chi connectivity index (χ1) is 13.2. The molecule has 28 heavy (non-hydrogen) atoms. The number of carbonyl (C=O) groups excluding carboxylic acids is 1. The van der Waals surface area contributed by atoms with Gasteiger partial charge in [0.25, 0.3) is 0 Å². The molecule has 0 aliphatic heterocycles. The molecule has 0 aliphatic carbocycles. The van der Waals surface area contributed by atoms with E-state index in [0.29, 0.717) is 11.2 Å². The standard InChI is InChI=1S/C23H25FN2O2/c1-14-18-13-17(24)11-12-19(18)26-21(20(14)16-9-7-6-8-10-16)15(2)25-22(27)28-23(3,4)5/h6-13,15H,1-5H3,(H,25,27). The summed E-state index contributed by atoms with van der Waals surface area (Å²) in [5, 5.41) is 3.62. The number of aromatic nitrogens is 1. The van der Waals surface area contributed by atoms with Crippen molar-refractivity contribution in [3.8, 4) is 11.1 Å². The summed E-state index contributed by atoms with van der Waals surface area (Å²) in [6.45, 7) is 9.28. The van der Waals surface area contributed by atoms with Crippen molar-refractivity contribution in [1.29, 1.82) is 0 Å². The minimum Gasteiger partial charge on any atom is -0.444 e. The smallest absolute Gasteiger partial charge is 0.408 e. The molecule has 0 radical (unpaired) electrons. The van der Waals surface area contributed by atoms with E-state index in [9.17, 15) is 9.18 Å². The number of ether oxygens (including phenoxy) is 1. The third-order valence-corrected chi connectivity index (χ3v) is 4.44. The van der Waals surface area contributed by atoms with Crippen LogP contribution in [0.4, 0.5) is 9.18 Å². The summed E-state index contributed by atoms with van der Waals surface area (Å²) in [6, 6.07) is 14.0. The Bertz CT molecular complexity index is 1010. The highest BCUT2D eigenvalue weighted by Crippen LogP contribution is 2.34. The number of pyridine rings is 1. The van der Waals surface area contributed by atoms with E-state index in [4.69, 9.17) is 9.72 Å². The van der Waals surface area contributed by atoms with Crippen molar-refractivity contribution in [2.24, 2.45) is 0 Å². The predicted octanol–water partition coefficient (Wildman–Crippen LogP) is 5.94. The lowest BCUT2D eigenvalue weighted by Gasteiger charge is -2.24. The second-order valence-corrected chi connectivity index (χ2v) is 7.89. The Morgan fingerprint density at radius 1 is 1.14 bits per heavy atom. The van der Waals surface area contributed by atoms with Gasteiger partial charge in [-0.3, -0.25) is 0 Å². The maximum absolute atomic E-state index is 13.8. The third kappa shape index (κ3) is 4.30. The molecule has 3 aromatic rings. The Morgan fingerprint density at radius 2 is 1.82 bits per heavy atom. The van der Waals surface area contributed by atoms with Crippen LogP contribution in [0, 0.1) is 12.7 Å². The lowest BCUT2D eigenvalue weighted by Crippen LogP contribution is -2.34. The van der Waals surface area contributed by atoms with Gasteiger partial charge >= 0.3 is 6.09 Å². The Morgan fingerprint density at radius 3 is 2.46 bits per heavy atom. The molecule has 5 heteroatoms. The zero-order valence-electron chi connectivity index (χ0n) is 16.8. The summed E-state index contributed by atoms with van der Waals surface area (Å²) >= 11 is 0. The minimum absolute atomic E-state index is 0.302. The molecule has 1 amide bonds. The molecular weight excluding hydrogens is 355 g/mol. The van der Waals surface area contributed by atoms with E-state index < -0.39 is 17.7 Å². The summed E-state index contributed by atoms with van der Waals surface area (Å²) in [6.07, 6.45) is -0.502. The highest BCUT2D eigenvalue weighted by atomic mass is 19.1. The number of hydrogen-bond donors (Lipinski definition) is 1. The van der Waals surface area contributed by atoms with Gasteiger partial charge < -0.3 is 10.1 Å². The molecule has 0 bridgehead atoms. The Labute approximate surface area is 164 Å². The van der Waals surface area contributed by atoms with Crippen molar-refractivity contribution >= 4 is 17.0 Å². The van der Waals surface area contributed by atoms with Gasteiger partial charge in [0, 0.05) is 10.9 Å². The molecule has 1 N–H and O–H groups in total. The summed E-state index contributed by atoms with van der Waals surface area (Å²) in [5.41, 5.74) is 3.59. The lowest BCUT2D eigenvalue weighted by molar-refractivity contribution is 0.0507. The number of rotatable bonds is 3. The van der Waals surface area contributed by atoms with Crippen LogP contribution in [0.3, 0.4) is 0 Å². The summed E-state index contributed by atoms with van der Waals surface area (Å²) in [7, 11) is 0. The molecule has 0 spiro atoms. The van der Waals surface area contributed by atoms with Crippen molar-refractivity contribution in [2.45, 2.75) is 46.3 Å². The van der Waals surface area contributed by atoms with E-state index in [-0.39, 0.29) is 5.82 Å². The molecule has 3 rings (SSSR count). The summed E-state index contributed by atoms with van der Waals surface area (Å²) in [4.78, 5) is 17.0. The molecular formula is C23H25FN2O2. The van der Waals surface area contributed by atoms with Crippen LogP contribution < -0.4 is 5.32 Å². The summed E-state index contributed by atoms with van der Waals surface area (Å²) in [5.74, 6) is -0.302. The fraction of sp³-hybridized carbons (Fsp3) is 0.304. The van der Waals surface area contributed by atoms with E-state index in [2.05, 4.69) is 5.32 Å². The second kappa shape index (κ2) is 7.58. The number of fused-ring (bicyclic) bond motifs is 1. The van der Waals surface area contributed by atoms with Crippen LogP contribution in [0.15, 0.2) is 48.5 Å². The van der Waals surface area contributed by atoms with Gasteiger partial charge in [-0.05, 0) is 63.9 Å². The molecule has 1 unspecified atom stereocenters. The Balaban J connectivity index is 2.12. The molecule has 0 saturated carbocycles. The van der Waals surface area contributed by atoms with Crippen LogP contribution >= 0.6 is 0 Å². The second-order valence-electron chi connectivity index (χ2n) is 7.89. The van der Waals surface area contributed by atoms with E-state index in [1.165, 1.54) is 12.1 Å². The van der Waals surface area contributed by atoms with E-state index in [1.807, 2.05) is 65.0 Å². The lowest BCUT2D eigenvalue weighted by atomic mass is 9.93. The molecule has 0 saturated heterocycles. The van der Waals surface area contributed by atoms with Crippen LogP contribution in [0.5, 0.6) is 0 Å². The first-order valence-corrected chi connectivity index (χ1v) is 9.30. The molecule has 0 fully saturated rings. The van der Waals surface area contributed by atoms with Gasteiger partial charge in [-0.1, -0.05) is 30.3 Å². The van der Waals surface area contributed by atoms with Crippen molar-refractivity contribution in [3.05, 3.63) is 65.6 Å².